The molecule has 0 aliphatic carbocycles. The van der Waals surface area contributed by atoms with Gasteiger partial charge in [0.25, 0.3) is 0 Å². The molecule has 0 N–H and O–H groups in total. The molecular weight excluding hydrogens is 250 g/mol. The second kappa shape index (κ2) is 6.45. The van der Waals surface area contributed by atoms with E-state index in [1.54, 1.807) is 11.8 Å². The molecular formula is C13H23NO3S. The first kappa shape index (κ1) is 15.3. The highest BCUT2D eigenvalue weighted by molar-refractivity contribution is 8.13. The molecule has 5 heteroatoms. The molecule has 1 heterocycles. The van der Waals surface area contributed by atoms with Crippen LogP contribution in [-0.2, 0) is 9.53 Å². The van der Waals surface area contributed by atoms with Crippen LogP contribution >= 0.6 is 11.8 Å². The Balaban J connectivity index is 2.43. The summed E-state index contributed by atoms with van der Waals surface area (Å²) in [6.45, 7) is 8.66. The van der Waals surface area contributed by atoms with E-state index >= 15 is 0 Å². The van der Waals surface area contributed by atoms with Crippen molar-refractivity contribution in [2.24, 2.45) is 5.92 Å². The van der Waals surface area contributed by atoms with E-state index in [-0.39, 0.29) is 11.2 Å². The Morgan fingerprint density at radius 1 is 1.39 bits per heavy atom. The van der Waals surface area contributed by atoms with Crippen LogP contribution in [0.15, 0.2) is 0 Å². The first-order valence-corrected chi connectivity index (χ1v) is 7.38. The standard InChI is InChI=1S/C13H23NO3S/c1-10(15)18-9-11-6-5-7-14(8-11)12(16)17-13(2,3)4/h11H,5-9H2,1-4H3. The number of carbonyl (C=O) groups is 2. The molecule has 18 heavy (non-hydrogen) atoms. The van der Waals surface area contributed by atoms with Gasteiger partial charge in [-0.05, 0) is 39.5 Å². The van der Waals surface area contributed by atoms with Gasteiger partial charge < -0.3 is 9.64 Å². The normalized spacial score (nSPS) is 20.7. The fourth-order valence-corrected chi connectivity index (χ4v) is 2.67. The molecule has 1 atom stereocenters. The van der Waals surface area contributed by atoms with E-state index in [2.05, 4.69) is 0 Å². The lowest BCUT2D eigenvalue weighted by atomic mass is 10.0. The number of nitrogens with zero attached hydrogens (tertiary/aromatic N) is 1. The molecule has 0 radical (unpaired) electrons. The fourth-order valence-electron chi connectivity index (χ4n) is 1.93. The molecule has 1 aliphatic heterocycles. The molecule has 0 bridgehead atoms. The predicted molar refractivity (Wildman–Crippen MR) is 73.7 cm³/mol. The Bertz CT molecular complexity index is 312. The van der Waals surface area contributed by atoms with E-state index in [0.717, 1.165) is 25.1 Å². The van der Waals surface area contributed by atoms with Crippen molar-refractivity contribution in [3.05, 3.63) is 0 Å². The van der Waals surface area contributed by atoms with Crippen LogP contribution in [0.3, 0.4) is 0 Å². The van der Waals surface area contributed by atoms with Crippen molar-refractivity contribution in [1.29, 1.82) is 0 Å². The van der Waals surface area contributed by atoms with Crippen LogP contribution in [0, 0.1) is 5.92 Å². The third-order valence-electron chi connectivity index (χ3n) is 2.69. The van der Waals surface area contributed by atoms with E-state index in [4.69, 9.17) is 4.74 Å². The SMILES string of the molecule is CC(=O)SCC1CCCN(C(=O)OC(C)(C)C)C1. The van der Waals surface area contributed by atoms with Crippen molar-refractivity contribution < 1.29 is 14.3 Å². The van der Waals surface area contributed by atoms with E-state index in [0.29, 0.717) is 12.5 Å². The zero-order chi connectivity index (χ0) is 13.8. The van der Waals surface area contributed by atoms with Crippen LogP contribution in [0.2, 0.25) is 0 Å². The maximum atomic E-state index is 11.9. The molecule has 1 aliphatic rings. The maximum absolute atomic E-state index is 11.9. The van der Waals surface area contributed by atoms with Crippen LogP contribution in [0.4, 0.5) is 4.79 Å². The van der Waals surface area contributed by atoms with Gasteiger partial charge in [-0.2, -0.15) is 0 Å². The summed E-state index contributed by atoms with van der Waals surface area (Å²) < 4.78 is 5.36. The fraction of sp³-hybridized carbons (Fsp3) is 0.846. The van der Waals surface area contributed by atoms with Crippen molar-refractivity contribution >= 4 is 23.0 Å². The Morgan fingerprint density at radius 2 is 2.06 bits per heavy atom. The Labute approximate surface area is 113 Å². The maximum Gasteiger partial charge on any atom is 0.410 e. The van der Waals surface area contributed by atoms with Crippen LogP contribution in [0.25, 0.3) is 0 Å². The van der Waals surface area contributed by atoms with E-state index in [1.165, 1.54) is 11.8 Å². The van der Waals surface area contributed by atoms with Gasteiger partial charge in [0, 0.05) is 25.8 Å². The lowest BCUT2D eigenvalue weighted by molar-refractivity contribution is -0.109. The summed E-state index contributed by atoms with van der Waals surface area (Å²) >= 11 is 1.35. The molecule has 1 unspecified atom stereocenters. The van der Waals surface area contributed by atoms with Gasteiger partial charge in [-0.25, -0.2) is 4.79 Å². The minimum Gasteiger partial charge on any atom is -0.444 e. The second-order valence-electron chi connectivity index (χ2n) is 5.74. The number of likely N-dealkylation sites (tertiary alicyclic amines) is 1. The van der Waals surface area contributed by atoms with Crippen molar-refractivity contribution in [3.63, 3.8) is 0 Å². The van der Waals surface area contributed by atoms with Crippen LogP contribution in [0.5, 0.6) is 0 Å². The smallest absolute Gasteiger partial charge is 0.410 e. The summed E-state index contributed by atoms with van der Waals surface area (Å²) in [5.41, 5.74) is -0.446. The molecule has 1 amide bonds. The highest BCUT2D eigenvalue weighted by atomic mass is 32.2. The number of rotatable bonds is 2. The number of thioether (sulfide) groups is 1. The summed E-state index contributed by atoms with van der Waals surface area (Å²) in [7, 11) is 0. The lowest BCUT2D eigenvalue weighted by Crippen LogP contribution is -2.43. The lowest BCUT2D eigenvalue weighted by Gasteiger charge is -2.33. The predicted octanol–water partition coefficient (Wildman–Crippen LogP) is 2.91. The first-order valence-electron chi connectivity index (χ1n) is 6.39. The number of carbonyl (C=O) groups excluding carboxylic acids is 2. The van der Waals surface area contributed by atoms with Gasteiger partial charge in [-0.3, -0.25) is 4.79 Å². The van der Waals surface area contributed by atoms with Gasteiger partial charge in [0.2, 0.25) is 0 Å². The monoisotopic (exact) mass is 273 g/mol. The molecule has 0 spiro atoms. The Kier molecular flexibility index (Phi) is 5.50. The third kappa shape index (κ3) is 5.76. The number of piperidine rings is 1. The van der Waals surface area contributed by atoms with Gasteiger partial charge in [0.15, 0.2) is 5.12 Å². The number of hydrogen-bond acceptors (Lipinski definition) is 4. The minimum absolute atomic E-state index is 0.143. The van der Waals surface area contributed by atoms with Gasteiger partial charge in [-0.1, -0.05) is 11.8 Å². The molecule has 4 nitrogen and oxygen atoms in total. The van der Waals surface area contributed by atoms with Gasteiger partial charge in [0.1, 0.15) is 5.60 Å². The summed E-state index contributed by atoms with van der Waals surface area (Å²) in [5.74, 6) is 1.20. The highest BCUT2D eigenvalue weighted by Crippen LogP contribution is 2.22. The summed E-state index contributed by atoms with van der Waals surface area (Å²) in [6.07, 6.45) is 1.84. The molecule has 0 aromatic rings. The summed E-state index contributed by atoms with van der Waals surface area (Å²) in [6, 6.07) is 0. The Morgan fingerprint density at radius 3 is 2.61 bits per heavy atom. The van der Waals surface area contributed by atoms with Crippen molar-refractivity contribution in [1.82, 2.24) is 4.90 Å². The quantitative estimate of drug-likeness (QED) is 0.776. The van der Waals surface area contributed by atoms with E-state index < -0.39 is 5.60 Å². The van der Waals surface area contributed by atoms with E-state index in [9.17, 15) is 9.59 Å². The number of ether oxygens (including phenoxy) is 1. The van der Waals surface area contributed by atoms with Crippen LogP contribution in [0.1, 0.15) is 40.5 Å². The third-order valence-corrected chi connectivity index (χ3v) is 3.74. The highest BCUT2D eigenvalue weighted by Gasteiger charge is 2.27. The summed E-state index contributed by atoms with van der Waals surface area (Å²) in [5, 5.41) is 0.143. The average Bonchev–Trinajstić information content (AvgIpc) is 2.24. The van der Waals surface area contributed by atoms with Gasteiger partial charge in [-0.15, -0.1) is 0 Å². The number of hydrogen-bond donors (Lipinski definition) is 0. The molecule has 0 saturated carbocycles. The molecule has 1 rings (SSSR count). The largest absolute Gasteiger partial charge is 0.444 e. The molecule has 0 aromatic heterocycles. The van der Waals surface area contributed by atoms with Gasteiger partial charge >= 0.3 is 6.09 Å². The van der Waals surface area contributed by atoms with Crippen molar-refractivity contribution in [2.45, 2.75) is 46.1 Å². The topological polar surface area (TPSA) is 46.6 Å². The van der Waals surface area contributed by atoms with Crippen LogP contribution < -0.4 is 0 Å². The second-order valence-corrected chi connectivity index (χ2v) is 6.93. The van der Waals surface area contributed by atoms with Crippen molar-refractivity contribution in [2.75, 3.05) is 18.8 Å². The number of amides is 1. The van der Waals surface area contributed by atoms with E-state index in [1.807, 2.05) is 20.8 Å². The molecule has 1 fully saturated rings. The van der Waals surface area contributed by atoms with Crippen molar-refractivity contribution in [3.8, 4) is 0 Å². The molecule has 104 valence electrons. The molecule has 1 saturated heterocycles. The zero-order valence-corrected chi connectivity index (χ0v) is 12.5. The first-order chi connectivity index (χ1) is 8.28. The average molecular weight is 273 g/mol. The van der Waals surface area contributed by atoms with Gasteiger partial charge in [0.05, 0.1) is 0 Å². The summed E-state index contributed by atoms with van der Waals surface area (Å²) in [4.78, 5) is 24.6. The minimum atomic E-state index is -0.446. The molecule has 0 aromatic carbocycles. The Hall–Kier alpha value is -0.710. The zero-order valence-electron chi connectivity index (χ0n) is 11.7. The van der Waals surface area contributed by atoms with Crippen LogP contribution in [-0.4, -0.2) is 40.6 Å².